The summed E-state index contributed by atoms with van der Waals surface area (Å²) < 4.78 is 5.61. The number of imidazole rings is 1. The van der Waals surface area contributed by atoms with Gasteiger partial charge in [-0.25, -0.2) is 4.98 Å². The third-order valence-electron chi connectivity index (χ3n) is 5.80. The van der Waals surface area contributed by atoms with Crippen molar-refractivity contribution in [2.45, 2.75) is 25.4 Å². The first-order valence-corrected chi connectivity index (χ1v) is 9.72. The number of piperidine rings is 1. The van der Waals surface area contributed by atoms with E-state index in [1.165, 1.54) is 0 Å². The highest BCUT2D eigenvalue weighted by Crippen LogP contribution is 2.43. The fourth-order valence-corrected chi connectivity index (χ4v) is 4.32. The fraction of sp³-hybridized carbons (Fsp3) is 0.476. The Bertz CT molecular complexity index is 854. The molecule has 148 valence electrons. The Kier molecular flexibility index (Phi) is 4.93. The molecule has 1 unspecified atom stereocenters. The molecule has 0 saturated carbocycles. The first kappa shape index (κ1) is 18.7. The quantitative estimate of drug-likeness (QED) is 0.820. The lowest BCUT2D eigenvalue weighted by Gasteiger charge is -2.36. The largest absolute Gasteiger partial charge is 0.461 e. The van der Waals surface area contributed by atoms with Crippen LogP contribution in [0.3, 0.4) is 0 Å². The van der Waals surface area contributed by atoms with Crippen LogP contribution in [-0.2, 0) is 9.53 Å². The monoisotopic (exact) mass is 382 g/mol. The molecule has 28 heavy (non-hydrogen) atoms. The number of hydrogen-bond acceptors (Lipinski definition) is 5. The summed E-state index contributed by atoms with van der Waals surface area (Å²) >= 11 is 0. The SMILES string of the molecule is CN(C)CC1CC2(CCN(C(=O)c3[nH]cnc3-c3ccccc3)CC2)C(=O)O1. The Morgan fingerprint density at radius 3 is 2.68 bits per heavy atom. The van der Waals surface area contributed by atoms with E-state index in [9.17, 15) is 9.59 Å². The van der Waals surface area contributed by atoms with Gasteiger partial charge in [0.25, 0.3) is 5.91 Å². The van der Waals surface area contributed by atoms with Gasteiger partial charge in [0.05, 0.1) is 11.7 Å². The average molecular weight is 382 g/mol. The van der Waals surface area contributed by atoms with Gasteiger partial charge >= 0.3 is 5.97 Å². The van der Waals surface area contributed by atoms with E-state index in [0.717, 1.165) is 18.5 Å². The molecule has 1 amide bonds. The Balaban J connectivity index is 1.45. The maximum absolute atomic E-state index is 13.1. The van der Waals surface area contributed by atoms with Crippen LogP contribution in [0.5, 0.6) is 0 Å². The number of rotatable bonds is 4. The zero-order chi connectivity index (χ0) is 19.7. The Morgan fingerprint density at radius 2 is 2.00 bits per heavy atom. The molecular weight excluding hydrogens is 356 g/mol. The number of ether oxygens (including phenoxy) is 1. The first-order chi connectivity index (χ1) is 13.5. The van der Waals surface area contributed by atoms with Crippen LogP contribution in [0, 0.1) is 5.41 Å². The second-order valence-corrected chi connectivity index (χ2v) is 8.06. The van der Waals surface area contributed by atoms with Crippen molar-refractivity contribution >= 4 is 11.9 Å². The van der Waals surface area contributed by atoms with Gasteiger partial charge in [0.2, 0.25) is 0 Å². The summed E-state index contributed by atoms with van der Waals surface area (Å²) in [4.78, 5) is 36.8. The van der Waals surface area contributed by atoms with Crippen LogP contribution in [0.4, 0.5) is 0 Å². The zero-order valence-electron chi connectivity index (χ0n) is 16.4. The molecule has 1 aromatic heterocycles. The van der Waals surface area contributed by atoms with Crippen LogP contribution in [0.15, 0.2) is 36.7 Å². The number of H-pyrrole nitrogens is 1. The molecule has 0 bridgehead atoms. The van der Waals surface area contributed by atoms with Gasteiger partial charge in [-0.05, 0) is 26.9 Å². The van der Waals surface area contributed by atoms with Gasteiger partial charge in [-0.1, -0.05) is 30.3 Å². The normalized spacial score (nSPS) is 21.3. The van der Waals surface area contributed by atoms with Crippen LogP contribution in [0.25, 0.3) is 11.3 Å². The minimum Gasteiger partial charge on any atom is -0.461 e. The Morgan fingerprint density at radius 1 is 1.29 bits per heavy atom. The Labute approximate surface area is 164 Å². The minimum absolute atomic E-state index is 0.0537. The summed E-state index contributed by atoms with van der Waals surface area (Å²) in [6.07, 6.45) is 3.54. The molecule has 3 heterocycles. The van der Waals surface area contributed by atoms with E-state index in [1.807, 2.05) is 54.2 Å². The van der Waals surface area contributed by atoms with Gasteiger partial charge in [-0.3, -0.25) is 9.59 Å². The van der Waals surface area contributed by atoms with Crippen molar-refractivity contribution in [2.75, 3.05) is 33.7 Å². The molecular formula is C21H26N4O3. The second-order valence-electron chi connectivity index (χ2n) is 8.06. The molecule has 1 spiro atoms. The molecule has 7 nitrogen and oxygen atoms in total. The van der Waals surface area contributed by atoms with Crippen molar-refractivity contribution in [3.05, 3.63) is 42.4 Å². The van der Waals surface area contributed by atoms with Crippen molar-refractivity contribution in [1.29, 1.82) is 0 Å². The van der Waals surface area contributed by atoms with Crippen molar-refractivity contribution in [1.82, 2.24) is 19.8 Å². The molecule has 2 fully saturated rings. The predicted octanol–water partition coefficient (Wildman–Crippen LogP) is 2.18. The number of carbonyl (C=O) groups excluding carboxylic acids is 2. The zero-order valence-corrected chi connectivity index (χ0v) is 16.4. The van der Waals surface area contributed by atoms with Crippen molar-refractivity contribution < 1.29 is 14.3 Å². The topological polar surface area (TPSA) is 78.5 Å². The van der Waals surface area contributed by atoms with Gasteiger partial charge in [0.15, 0.2) is 0 Å². The highest BCUT2D eigenvalue weighted by atomic mass is 16.6. The van der Waals surface area contributed by atoms with Gasteiger partial charge < -0.3 is 19.5 Å². The number of likely N-dealkylation sites (tertiary alicyclic amines) is 1. The number of benzene rings is 1. The van der Waals surface area contributed by atoms with E-state index in [4.69, 9.17) is 4.74 Å². The lowest BCUT2D eigenvalue weighted by atomic mass is 9.76. The predicted molar refractivity (Wildman–Crippen MR) is 105 cm³/mol. The first-order valence-electron chi connectivity index (χ1n) is 9.72. The van der Waals surface area contributed by atoms with Crippen LogP contribution in [-0.4, -0.2) is 71.5 Å². The van der Waals surface area contributed by atoms with Gasteiger partial charge in [-0.2, -0.15) is 0 Å². The summed E-state index contributed by atoms with van der Waals surface area (Å²) in [5.41, 5.74) is 1.64. The summed E-state index contributed by atoms with van der Waals surface area (Å²) in [7, 11) is 3.96. The molecule has 2 saturated heterocycles. The second kappa shape index (κ2) is 7.39. The van der Waals surface area contributed by atoms with Crippen LogP contribution in [0.1, 0.15) is 29.8 Å². The van der Waals surface area contributed by atoms with Gasteiger partial charge in [0, 0.05) is 31.6 Å². The highest BCUT2D eigenvalue weighted by Gasteiger charge is 2.51. The average Bonchev–Trinajstić information content (AvgIpc) is 3.28. The molecule has 1 atom stereocenters. The maximum Gasteiger partial charge on any atom is 0.312 e. The molecule has 7 heteroatoms. The molecule has 1 N–H and O–H groups in total. The minimum atomic E-state index is -0.437. The highest BCUT2D eigenvalue weighted by molar-refractivity contribution is 5.98. The van der Waals surface area contributed by atoms with E-state index in [1.54, 1.807) is 6.33 Å². The number of aromatic amines is 1. The number of cyclic esters (lactones) is 1. The summed E-state index contributed by atoms with van der Waals surface area (Å²) in [6.45, 7) is 1.84. The third-order valence-corrected chi connectivity index (χ3v) is 5.80. The van der Waals surface area contributed by atoms with E-state index in [-0.39, 0.29) is 18.0 Å². The van der Waals surface area contributed by atoms with Crippen molar-refractivity contribution in [3.8, 4) is 11.3 Å². The number of esters is 1. The maximum atomic E-state index is 13.1. The van der Waals surface area contributed by atoms with E-state index < -0.39 is 5.41 Å². The van der Waals surface area contributed by atoms with Crippen molar-refractivity contribution in [3.63, 3.8) is 0 Å². The molecule has 2 aliphatic heterocycles. The molecule has 0 aliphatic carbocycles. The summed E-state index contributed by atoms with van der Waals surface area (Å²) in [5.74, 6) is -0.166. The fourth-order valence-electron chi connectivity index (χ4n) is 4.32. The lowest BCUT2D eigenvalue weighted by Crippen LogP contribution is -2.45. The molecule has 2 aromatic rings. The summed E-state index contributed by atoms with van der Waals surface area (Å²) in [6, 6.07) is 9.68. The van der Waals surface area contributed by atoms with Gasteiger partial charge in [-0.15, -0.1) is 0 Å². The molecule has 2 aliphatic rings. The number of nitrogens with one attached hydrogen (secondary N) is 1. The number of amides is 1. The standard InChI is InChI=1S/C21H26N4O3/c1-24(2)13-16-12-21(20(27)28-16)8-10-25(11-9-21)19(26)18-17(22-14-23-18)15-6-4-3-5-7-15/h3-7,14,16H,8-13H2,1-2H3,(H,22,23). The van der Waals surface area contributed by atoms with Gasteiger partial charge in [0.1, 0.15) is 17.5 Å². The number of likely N-dealkylation sites (N-methyl/N-ethyl adjacent to an activating group) is 1. The third kappa shape index (κ3) is 3.42. The van der Waals surface area contributed by atoms with E-state index >= 15 is 0 Å². The van der Waals surface area contributed by atoms with E-state index in [0.29, 0.717) is 37.3 Å². The number of hydrogen-bond donors (Lipinski definition) is 1. The van der Waals surface area contributed by atoms with E-state index in [2.05, 4.69) is 9.97 Å². The van der Waals surface area contributed by atoms with Crippen molar-refractivity contribution in [2.24, 2.45) is 5.41 Å². The molecule has 4 rings (SSSR count). The number of nitrogens with zero attached hydrogens (tertiary/aromatic N) is 3. The smallest absolute Gasteiger partial charge is 0.312 e. The number of aromatic nitrogens is 2. The van der Waals surface area contributed by atoms with Crippen LogP contribution < -0.4 is 0 Å². The van der Waals surface area contributed by atoms with Crippen LogP contribution >= 0.6 is 0 Å². The van der Waals surface area contributed by atoms with Crippen LogP contribution in [0.2, 0.25) is 0 Å². The number of carbonyl (C=O) groups is 2. The molecule has 1 aromatic carbocycles. The Hall–Kier alpha value is -2.67. The summed E-state index contributed by atoms with van der Waals surface area (Å²) in [5, 5.41) is 0. The molecule has 0 radical (unpaired) electrons. The lowest BCUT2D eigenvalue weighted by molar-refractivity contribution is -0.150.